The summed E-state index contributed by atoms with van der Waals surface area (Å²) in [6, 6.07) is 2.03. The van der Waals surface area contributed by atoms with Crippen LogP contribution in [-0.2, 0) is 9.53 Å². The summed E-state index contributed by atoms with van der Waals surface area (Å²) in [4.78, 5) is 14.3. The van der Waals surface area contributed by atoms with Gasteiger partial charge in [-0.15, -0.1) is 26.6 Å². The average Bonchev–Trinajstić information content (AvgIpc) is 3.05. The lowest BCUT2D eigenvalue weighted by atomic mass is 10.2. The normalized spacial score (nSPS) is 10.4. The Morgan fingerprint density at radius 2 is 2.12 bits per heavy atom. The Labute approximate surface area is 167 Å². The van der Waals surface area contributed by atoms with Crippen LogP contribution in [0.25, 0.3) is 5.65 Å². The lowest BCUT2D eigenvalue weighted by Gasteiger charge is -2.04. The molecule has 0 spiro atoms. The number of unbranched alkanes of at least 4 members (excludes halogenated alkanes) is 3. The molecular formula is C16H25BrN4O2S2. The summed E-state index contributed by atoms with van der Waals surface area (Å²) in [5.41, 5.74) is 2.00. The number of hydrogen-bond acceptors (Lipinski definition) is 7. The van der Waals surface area contributed by atoms with Gasteiger partial charge in [-0.25, -0.2) is 4.98 Å². The number of fused-ring (bicyclic) bond motifs is 1. The van der Waals surface area contributed by atoms with E-state index >= 15 is 0 Å². The van der Waals surface area contributed by atoms with E-state index < -0.39 is 0 Å². The number of carbonyl (C=O) groups excluding carboxylic acids is 1. The molecule has 0 unspecified atom stereocenters. The van der Waals surface area contributed by atoms with Crippen LogP contribution in [-0.4, -0.2) is 49.7 Å². The maximum atomic E-state index is 10.1. The Morgan fingerprint density at radius 1 is 1.36 bits per heavy atom. The summed E-state index contributed by atoms with van der Waals surface area (Å²) in [6.45, 7) is 2.08. The fourth-order valence-corrected chi connectivity index (χ4v) is 3.43. The molecule has 2 rings (SSSR count). The molecule has 0 radical (unpaired) electrons. The van der Waals surface area contributed by atoms with Gasteiger partial charge < -0.3 is 4.74 Å². The number of esters is 1. The van der Waals surface area contributed by atoms with Crippen molar-refractivity contribution in [1.29, 1.82) is 0 Å². The Morgan fingerprint density at radius 3 is 2.76 bits per heavy atom. The molecule has 0 atom stereocenters. The van der Waals surface area contributed by atoms with E-state index in [0.717, 1.165) is 21.8 Å². The molecule has 0 saturated carbocycles. The molecule has 25 heavy (non-hydrogen) atoms. The smallest absolute Gasteiger partial charge is 0.306 e. The van der Waals surface area contributed by atoms with Crippen molar-refractivity contribution < 1.29 is 9.53 Å². The second-order valence-electron chi connectivity index (χ2n) is 5.24. The Hall–Kier alpha value is -0.800. The second kappa shape index (κ2) is 13.4. The van der Waals surface area contributed by atoms with Gasteiger partial charge in [0.2, 0.25) is 0 Å². The van der Waals surface area contributed by atoms with Gasteiger partial charge in [0.05, 0.1) is 13.5 Å². The standard InChI is InChI=1S/C12H17BrN4S.C4H8O2S/c1-10-8-11-14-9-15-17(11)16-12(10)18-7-5-3-2-4-6-13;1-6-4(5)2-3-7/h8-9H,2-7H2,1H3;7H,2-3H2,1H3. The van der Waals surface area contributed by atoms with Crippen LogP contribution in [0.3, 0.4) is 0 Å². The van der Waals surface area contributed by atoms with Crippen LogP contribution in [0.2, 0.25) is 0 Å². The maximum absolute atomic E-state index is 10.1. The summed E-state index contributed by atoms with van der Waals surface area (Å²) >= 11 is 9.08. The van der Waals surface area contributed by atoms with Crippen molar-refractivity contribution in [3.8, 4) is 0 Å². The zero-order chi connectivity index (χ0) is 18.5. The van der Waals surface area contributed by atoms with Crippen molar-refractivity contribution in [2.75, 3.05) is 23.9 Å². The second-order valence-corrected chi connectivity index (χ2v) is 7.57. The minimum absolute atomic E-state index is 0.199. The molecule has 9 heteroatoms. The highest BCUT2D eigenvalue weighted by Gasteiger charge is 2.05. The molecule has 2 aromatic rings. The third-order valence-electron chi connectivity index (χ3n) is 3.23. The molecule has 0 aromatic carbocycles. The zero-order valence-corrected chi connectivity index (χ0v) is 17.9. The number of carbonyl (C=O) groups is 1. The third-order valence-corrected chi connectivity index (χ3v) is 5.19. The summed E-state index contributed by atoms with van der Waals surface area (Å²) in [5, 5.41) is 10.7. The molecule has 0 bridgehead atoms. The summed E-state index contributed by atoms with van der Waals surface area (Å²) in [5.74, 6) is 1.48. The highest BCUT2D eigenvalue weighted by molar-refractivity contribution is 9.09. The van der Waals surface area contributed by atoms with E-state index in [0.29, 0.717) is 12.2 Å². The molecule has 0 aliphatic heterocycles. The molecule has 0 aliphatic rings. The predicted molar refractivity (Wildman–Crippen MR) is 109 cm³/mol. The first kappa shape index (κ1) is 22.2. The van der Waals surface area contributed by atoms with Crippen molar-refractivity contribution in [2.24, 2.45) is 0 Å². The van der Waals surface area contributed by atoms with Crippen LogP contribution >= 0.6 is 40.3 Å². The number of aromatic nitrogens is 4. The highest BCUT2D eigenvalue weighted by atomic mass is 79.9. The van der Waals surface area contributed by atoms with Crippen LogP contribution in [0.4, 0.5) is 0 Å². The molecule has 0 saturated heterocycles. The minimum Gasteiger partial charge on any atom is -0.469 e. The fourth-order valence-electron chi connectivity index (χ4n) is 1.89. The van der Waals surface area contributed by atoms with Gasteiger partial charge in [-0.1, -0.05) is 28.8 Å². The fraction of sp³-hybridized carbons (Fsp3) is 0.625. The summed E-state index contributed by atoms with van der Waals surface area (Å²) in [6.07, 6.45) is 7.06. The average molecular weight is 449 g/mol. The van der Waals surface area contributed by atoms with Gasteiger partial charge in [0, 0.05) is 11.1 Å². The van der Waals surface area contributed by atoms with Gasteiger partial charge in [0.1, 0.15) is 11.4 Å². The van der Waals surface area contributed by atoms with Crippen LogP contribution < -0.4 is 0 Å². The van der Waals surface area contributed by atoms with Gasteiger partial charge in [0.25, 0.3) is 0 Å². The van der Waals surface area contributed by atoms with Gasteiger partial charge in [0.15, 0.2) is 5.65 Å². The number of rotatable bonds is 9. The summed E-state index contributed by atoms with van der Waals surface area (Å²) < 4.78 is 5.90. The van der Waals surface area contributed by atoms with E-state index in [9.17, 15) is 4.79 Å². The van der Waals surface area contributed by atoms with Crippen LogP contribution in [0, 0.1) is 6.92 Å². The molecule has 2 aromatic heterocycles. The zero-order valence-electron chi connectivity index (χ0n) is 14.7. The topological polar surface area (TPSA) is 69.4 Å². The van der Waals surface area contributed by atoms with E-state index in [1.807, 2.05) is 17.8 Å². The van der Waals surface area contributed by atoms with Gasteiger partial charge in [-0.05, 0) is 37.1 Å². The molecule has 0 amide bonds. The number of halogens is 1. The van der Waals surface area contributed by atoms with Crippen molar-refractivity contribution in [3.63, 3.8) is 0 Å². The molecule has 2 heterocycles. The number of alkyl halides is 1. The molecule has 6 nitrogen and oxygen atoms in total. The van der Waals surface area contributed by atoms with Crippen LogP contribution in [0.15, 0.2) is 17.4 Å². The number of nitrogens with zero attached hydrogens (tertiary/aromatic N) is 4. The van der Waals surface area contributed by atoms with Gasteiger partial charge in [-0.2, -0.15) is 12.6 Å². The van der Waals surface area contributed by atoms with E-state index in [4.69, 9.17) is 0 Å². The Balaban J connectivity index is 0.000000381. The number of hydrogen-bond donors (Lipinski definition) is 1. The van der Waals surface area contributed by atoms with E-state index in [1.54, 1.807) is 4.63 Å². The Bertz CT molecular complexity index is 640. The van der Waals surface area contributed by atoms with E-state index in [-0.39, 0.29) is 5.97 Å². The first-order chi connectivity index (χ1) is 12.1. The van der Waals surface area contributed by atoms with E-state index in [1.165, 1.54) is 44.7 Å². The molecule has 140 valence electrons. The first-order valence-corrected chi connectivity index (χ1v) is 10.9. The minimum atomic E-state index is -0.199. The van der Waals surface area contributed by atoms with Crippen LogP contribution in [0.5, 0.6) is 0 Å². The summed E-state index contributed by atoms with van der Waals surface area (Å²) in [7, 11) is 1.37. The first-order valence-electron chi connectivity index (χ1n) is 8.16. The predicted octanol–water partition coefficient (Wildman–Crippen LogP) is 3.96. The molecular weight excluding hydrogens is 424 g/mol. The van der Waals surface area contributed by atoms with Crippen molar-refractivity contribution in [3.05, 3.63) is 18.0 Å². The van der Waals surface area contributed by atoms with Crippen molar-refractivity contribution in [2.45, 2.75) is 44.1 Å². The van der Waals surface area contributed by atoms with Gasteiger partial charge >= 0.3 is 5.97 Å². The monoisotopic (exact) mass is 448 g/mol. The number of thiol groups is 1. The number of methoxy groups -OCH3 is 1. The number of ether oxygens (including phenoxy) is 1. The number of thioether (sulfide) groups is 1. The molecule has 0 fully saturated rings. The molecule has 0 aliphatic carbocycles. The largest absolute Gasteiger partial charge is 0.469 e. The molecule has 0 N–H and O–H groups in total. The Kier molecular flexibility index (Phi) is 11.9. The lowest BCUT2D eigenvalue weighted by molar-refractivity contribution is -0.140. The van der Waals surface area contributed by atoms with E-state index in [2.05, 4.69) is 55.4 Å². The SMILES string of the molecule is COC(=O)CCS.Cc1cc2ncnn2nc1SCCCCCCBr. The van der Waals surface area contributed by atoms with Crippen molar-refractivity contribution >= 4 is 51.9 Å². The highest BCUT2D eigenvalue weighted by Crippen LogP contribution is 2.21. The number of aryl methyl sites for hydroxylation is 1. The maximum Gasteiger partial charge on any atom is 0.306 e. The lowest BCUT2D eigenvalue weighted by Crippen LogP contribution is -1.99. The third kappa shape index (κ3) is 8.91. The van der Waals surface area contributed by atoms with Gasteiger partial charge in [-0.3, -0.25) is 4.79 Å². The van der Waals surface area contributed by atoms with Crippen molar-refractivity contribution in [1.82, 2.24) is 19.8 Å². The quantitative estimate of drug-likeness (QED) is 0.206. The van der Waals surface area contributed by atoms with Crippen LogP contribution in [0.1, 0.15) is 37.7 Å².